The lowest BCUT2D eigenvalue weighted by molar-refractivity contribution is 0.655. The molecule has 3 nitrogen and oxygen atoms in total. The number of hydrogen-bond donors (Lipinski definition) is 1. The molecule has 0 aliphatic carbocycles. The second-order valence-corrected chi connectivity index (χ2v) is 4.15. The summed E-state index contributed by atoms with van der Waals surface area (Å²) in [5.41, 5.74) is 3.36. The summed E-state index contributed by atoms with van der Waals surface area (Å²) in [6.45, 7) is 4.66. The minimum Gasteiger partial charge on any atom is -0.309 e. The molecule has 0 aliphatic heterocycles. The second-order valence-electron chi connectivity index (χ2n) is 4.15. The van der Waals surface area contributed by atoms with E-state index in [1.807, 2.05) is 23.0 Å². The lowest BCUT2D eigenvalue weighted by Gasteiger charge is -2.03. The van der Waals surface area contributed by atoms with E-state index in [-0.39, 0.29) is 0 Å². The van der Waals surface area contributed by atoms with E-state index in [0.717, 1.165) is 25.2 Å². The zero-order valence-corrected chi connectivity index (χ0v) is 10.6. The Labute approximate surface area is 108 Å². The molecule has 0 saturated heterocycles. The molecule has 1 aromatic carbocycles. The molecule has 0 unspecified atom stereocenters. The van der Waals surface area contributed by atoms with E-state index >= 15 is 0 Å². The van der Waals surface area contributed by atoms with Crippen LogP contribution in [0.25, 0.3) is 0 Å². The zero-order chi connectivity index (χ0) is 12.8. The topological polar surface area (TPSA) is 29.9 Å². The van der Waals surface area contributed by atoms with Crippen molar-refractivity contribution in [2.75, 3.05) is 0 Å². The van der Waals surface area contributed by atoms with Crippen molar-refractivity contribution >= 4 is 0 Å². The van der Waals surface area contributed by atoms with Gasteiger partial charge in [0.1, 0.15) is 0 Å². The Morgan fingerprint density at radius 1 is 1.22 bits per heavy atom. The summed E-state index contributed by atoms with van der Waals surface area (Å²) in [4.78, 5) is 0. The van der Waals surface area contributed by atoms with Crippen LogP contribution in [0.3, 0.4) is 0 Å². The SMILES string of the molecule is C#Cc1ccc(CNCc2cnn(CC)c2)cc1. The Morgan fingerprint density at radius 3 is 2.56 bits per heavy atom. The molecule has 3 heteroatoms. The number of rotatable bonds is 5. The van der Waals surface area contributed by atoms with Crippen molar-refractivity contribution in [1.82, 2.24) is 15.1 Å². The van der Waals surface area contributed by atoms with Crippen molar-refractivity contribution in [2.45, 2.75) is 26.6 Å². The number of aromatic nitrogens is 2. The average molecular weight is 239 g/mol. The van der Waals surface area contributed by atoms with E-state index in [1.54, 1.807) is 0 Å². The van der Waals surface area contributed by atoms with Gasteiger partial charge in [0, 0.05) is 37.0 Å². The maximum absolute atomic E-state index is 5.32. The molecule has 1 aromatic heterocycles. The van der Waals surface area contributed by atoms with Crippen molar-refractivity contribution in [1.29, 1.82) is 0 Å². The van der Waals surface area contributed by atoms with Gasteiger partial charge in [0.2, 0.25) is 0 Å². The van der Waals surface area contributed by atoms with Gasteiger partial charge in [0.25, 0.3) is 0 Å². The Kier molecular flexibility index (Phi) is 4.16. The first-order valence-corrected chi connectivity index (χ1v) is 6.09. The number of aryl methyl sites for hydroxylation is 1. The van der Waals surface area contributed by atoms with Crippen LogP contribution in [0.1, 0.15) is 23.6 Å². The molecular formula is C15H17N3. The first kappa shape index (κ1) is 12.4. The van der Waals surface area contributed by atoms with E-state index in [1.165, 1.54) is 11.1 Å². The van der Waals surface area contributed by atoms with E-state index in [2.05, 4.69) is 41.6 Å². The zero-order valence-electron chi connectivity index (χ0n) is 10.6. The van der Waals surface area contributed by atoms with Gasteiger partial charge in [-0.25, -0.2) is 0 Å². The minimum atomic E-state index is 0.830. The van der Waals surface area contributed by atoms with E-state index in [4.69, 9.17) is 6.42 Å². The van der Waals surface area contributed by atoms with E-state index in [0.29, 0.717) is 0 Å². The van der Waals surface area contributed by atoms with Crippen molar-refractivity contribution < 1.29 is 0 Å². The molecule has 2 rings (SSSR count). The molecule has 0 saturated carbocycles. The lowest BCUT2D eigenvalue weighted by Crippen LogP contribution is -2.12. The van der Waals surface area contributed by atoms with Crippen LogP contribution in [-0.4, -0.2) is 9.78 Å². The van der Waals surface area contributed by atoms with Crippen LogP contribution in [-0.2, 0) is 19.6 Å². The Balaban J connectivity index is 1.82. The summed E-state index contributed by atoms with van der Waals surface area (Å²) < 4.78 is 1.93. The fraction of sp³-hybridized carbons (Fsp3) is 0.267. The largest absolute Gasteiger partial charge is 0.309 e. The highest BCUT2D eigenvalue weighted by molar-refractivity contribution is 5.34. The number of nitrogens with zero attached hydrogens (tertiary/aromatic N) is 2. The molecule has 2 aromatic rings. The third kappa shape index (κ3) is 3.22. The molecule has 92 valence electrons. The van der Waals surface area contributed by atoms with Gasteiger partial charge >= 0.3 is 0 Å². The molecule has 0 fully saturated rings. The van der Waals surface area contributed by atoms with Crippen LogP contribution in [0.5, 0.6) is 0 Å². The minimum absolute atomic E-state index is 0.830. The quantitative estimate of drug-likeness (QED) is 0.810. The first-order valence-electron chi connectivity index (χ1n) is 6.09. The van der Waals surface area contributed by atoms with Crippen LogP contribution in [0.15, 0.2) is 36.7 Å². The molecule has 0 atom stereocenters. The molecular weight excluding hydrogens is 222 g/mol. The average Bonchev–Trinajstić information content (AvgIpc) is 2.87. The maximum atomic E-state index is 5.32. The Morgan fingerprint density at radius 2 is 1.94 bits per heavy atom. The third-order valence-corrected chi connectivity index (χ3v) is 2.79. The highest BCUT2D eigenvalue weighted by Crippen LogP contribution is 2.04. The van der Waals surface area contributed by atoms with E-state index < -0.39 is 0 Å². The first-order chi connectivity index (χ1) is 8.81. The van der Waals surface area contributed by atoms with Gasteiger partial charge in [-0.1, -0.05) is 18.1 Å². The van der Waals surface area contributed by atoms with Crippen LogP contribution >= 0.6 is 0 Å². The number of benzene rings is 1. The monoisotopic (exact) mass is 239 g/mol. The molecule has 0 radical (unpaired) electrons. The summed E-state index contributed by atoms with van der Waals surface area (Å²) in [5.74, 6) is 2.61. The standard InChI is InChI=1S/C15H17N3/c1-3-13-5-7-14(8-6-13)9-16-10-15-11-17-18(4-2)12-15/h1,5-8,11-12,16H,4,9-10H2,2H3. The smallest absolute Gasteiger partial charge is 0.0534 e. The summed E-state index contributed by atoms with van der Waals surface area (Å²) in [6.07, 6.45) is 9.28. The molecule has 0 spiro atoms. The van der Waals surface area contributed by atoms with Crippen LogP contribution in [0.4, 0.5) is 0 Å². The number of hydrogen-bond acceptors (Lipinski definition) is 2. The highest BCUT2D eigenvalue weighted by Gasteiger charge is 1.97. The number of terminal acetylenes is 1. The predicted octanol–water partition coefficient (Wildman–Crippen LogP) is 2.17. The van der Waals surface area contributed by atoms with Crippen molar-refractivity contribution in [2.24, 2.45) is 0 Å². The Hall–Kier alpha value is -2.05. The van der Waals surface area contributed by atoms with Crippen LogP contribution in [0, 0.1) is 12.3 Å². The second kappa shape index (κ2) is 6.04. The third-order valence-electron chi connectivity index (χ3n) is 2.79. The molecule has 1 heterocycles. The molecule has 0 aliphatic rings. The van der Waals surface area contributed by atoms with Crippen LogP contribution < -0.4 is 5.32 Å². The molecule has 0 amide bonds. The van der Waals surface area contributed by atoms with Gasteiger partial charge in [-0.2, -0.15) is 5.10 Å². The fourth-order valence-electron chi connectivity index (χ4n) is 1.74. The van der Waals surface area contributed by atoms with Gasteiger partial charge in [-0.15, -0.1) is 6.42 Å². The summed E-state index contributed by atoms with van der Waals surface area (Å²) >= 11 is 0. The predicted molar refractivity (Wildman–Crippen MR) is 72.8 cm³/mol. The molecule has 0 bridgehead atoms. The summed E-state index contributed by atoms with van der Waals surface area (Å²) in [6, 6.07) is 8.04. The molecule has 18 heavy (non-hydrogen) atoms. The maximum Gasteiger partial charge on any atom is 0.0534 e. The van der Waals surface area contributed by atoms with Gasteiger partial charge in [0.05, 0.1) is 6.20 Å². The van der Waals surface area contributed by atoms with Crippen molar-refractivity contribution in [3.63, 3.8) is 0 Å². The fourth-order valence-corrected chi connectivity index (χ4v) is 1.74. The molecule has 1 N–H and O–H groups in total. The highest BCUT2D eigenvalue weighted by atomic mass is 15.3. The summed E-state index contributed by atoms with van der Waals surface area (Å²) in [7, 11) is 0. The van der Waals surface area contributed by atoms with Gasteiger partial charge in [0.15, 0.2) is 0 Å². The Bertz CT molecular complexity index is 532. The number of nitrogens with one attached hydrogen (secondary N) is 1. The van der Waals surface area contributed by atoms with Crippen LogP contribution in [0.2, 0.25) is 0 Å². The van der Waals surface area contributed by atoms with Crippen molar-refractivity contribution in [3.05, 3.63) is 53.3 Å². The lowest BCUT2D eigenvalue weighted by atomic mass is 10.1. The van der Waals surface area contributed by atoms with Crippen molar-refractivity contribution in [3.8, 4) is 12.3 Å². The van der Waals surface area contributed by atoms with Gasteiger partial charge < -0.3 is 5.32 Å². The van der Waals surface area contributed by atoms with Gasteiger partial charge in [-0.05, 0) is 24.6 Å². The van der Waals surface area contributed by atoms with E-state index in [9.17, 15) is 0 Å². The van der Waals surface area contributed by atoms with Gasteiger partial charge in [-0.3, -0.25) is 4.68 Å². The summed E-state index contributed by atoms with van der Waals surface area (Å²) in [5, 5.41) is 7.63. The normalized spacial score (nSPS) is 10.2.